The highest BCUT2D eigenvalue weighted by Gasteiger charge is 2.16. The molecule has 0 saturated carbocycles. The van der Waals surface area contributed by atoms with Crippen molar-refractivity contribution in [3.8, 4) is 0 Å². The molecule has 0 bridgehead atoms. The molecule has 0 aromatic carbocycles. The van der Waals surface area contributed by atoms with Crippen LogP contribution in [0.2, 0.25) is 0 Å². The second-order valence-corrected chi connectivity index (χ2v) is 5.31. The Morgan fingerprint density at radius 2 is 2.00 bits per heavy atom. The monoisotopic (exact) mass is 312 g/mol. The molecule has 1 rings (SSSR count). The topological polar surface area (TPSA) is 135 Å². The predicted molar refractivity (Wildman–Crippen MR) is 75.2 cm³/mol. The van der Waals surface area contributed by atoms with Gasteiger partial charge in [0.1, 0.15) is 5.60 Å². The van der Waals surface area contributed by atoms with Gasteiger partial charge in [-0.05, 0) is 20.8 Å². The third-order valence-corrected chi connectivity index (χ3v) is 2.22. The lowest BCUT2D eigenvalue weighted by molar-refractivity contribution is -0.120. The van der Waals surface area contributed by atoms with Gasteiger partial charge in [0, 0.05) is 13.1 Å². The SMILES string of the molecule is CC(C)(C)OC(=O)NCC(=O)NCCn1[c]n[nH]c(=O)c1=O. The molecular formula is C12H18N5O5. The van der Waals surface area contributed by atoms with Gasteiger partial charge in [-0.25, -0.2) is 9.89 Å². The summed E-state index contributed by atoms with van der Waals surface area (Å²) in [6, 6.07) is 0. The van der Waals surface area contributed by atoms with Crippen LogP contribution in [0.4, 0.5) is 4.79 Å². The maximum Gasteiger partial charge on any atom is 0.408 e. The fraction of sp³-hybridized carbons (Fsp3) is 0.583. The summed E-state index contributed by atoms with van der Waals surface area (Å²) in [5.74, 6) is -0.461. The highest BCUT2D eigenvalue weighted by molar-refractivity contribution is 5.82. The summed E-state index contributed by atoms with van der Waals surface area (Å²) in [5.41, 5.74) is -2.32. The number of hydrogen-bond acceptors (Lipinski definition) is 6. The summed E-state index contributed by atoms with van der Waals surface area (Å²) in [4.78, 5) is 45.2. The van der Waals surface area contributed by atoms with Crippen LogP contribution >= 0.6 is 0 Å². The van der Waals surface area contributed by atoms with Crippen LogP contribution in [-0.4, -0.2) is 45.5 Å². The lowest BCUT2D eigenvalue weighted by Gasteiger charge is -2.19. The first kappa shape index (κ1) is 17.4. The van der Waals surface area contributed by atoms with Crippen molar-refractivity contribution in [2.75, 3.05) is 13.1 Å². The molecule has 0 aliphatic carbocycles. The van der Waals surface area contributed by atoms with E-state index in [0.717, 1.165) is 4.57 Å². The van der Waals surface area contributed by atoms with Gasteiger partial charge in [-0.1, -0.05) is 0 Å². The fourth-order valence-corrected chi connectivity index (χ4v) is 1.34. The molecular weight excluding hydrogens is 294 g/mol. The van der Waals surface area contributed by atoms with E-state index in [9.17, 15) is 19.2 Å². The Morgan fingerprint density at radius 3 is 2.64 bits per heavy atom. The van der Waals surface area contributed by atoms with Crippen molar-refractivity contribution in [3.05, 3.63) is 27.0 Å². The standard InChI is InChI=1S/C12H18N5O5/c1-12(2,3)22-11(21)14-6-8(18)13-4-5-17-7-15-16-9(19)10(17)20/h4-6H2,1-3H3,(H,13,18)(H,14,21)(H,16,19). The average molecular weight is 312 g/mol. The number of nitrogens with zero attached hydrogens (tertiary/aromatic N) is 2. The molecule has 1 aromatic rings. The highest BCUT2D eigenvalue weighted by Crippen LogP contribution is 2.05. The number of carbonyl (C=O) groups is 2. The molecule has 2 amide bonds. The van der Waals surface area contributed by atoms with E-state index in [-0.39, 0.29) is 19.6 Å². The van der Waals surface area contributed by atoms with Crippen molar-refractivity contribution in [1.82, 2.24) is 25.4 Å². The Kier molecular flexibility index (Phi) is 5.84. The largest absolute Gasteiger partial charge is 0.444 e. The minimum atomic E-state index is -0.864. The van der Waals surface area contributed by atoms with Gasteiger partial charge in [-0.3, -0.25) is 19.0 Å². The van der Waals surface area contributed by atoms with Crippen LogP contribution in [0.15, 0.2) is 9.59 Å². The fourth-order valence-electron chi connectivity index (χ4n) is 1.34. The maximum atomic E-state index is 11.5. The molecule has 1 radical (unpaired) electrons. The van der Waals surface area contributed by atoms with Crippen molar-refractivity contribution >= 4 is 12.0 Å². The van der Waals surface area contributed by atoms with E-state index >= 15 is 0 Å². The smallest absolute Gasteiger partial charge is 0.408 e. The van der Waals surface area contributed by atoms with Gasteiger partial charge in [-0.2, -0.15) is 5.10 Å². The molecule has 121 valence electrons. The number of aromatic nitrogens is 3. The molecule has 10 heteroatoms. The molecule has 1 aromatic heterocycles. The van der Waals surface area contributed by atoms with Crippen molar-refractivity contribution in [2.45, 2.75) is 32.9 Å². The Hall–Kier alpha value is -2.65. The molecule has 1 heterocycles. The van der Waals surface area contributed by atoms with Gasteiger partial charge >= 0.3 is 17.2 Å². The minimum absolute atomic E-state index is 0.0356. The predicted octanol–water partition coefficient (Wildman–Crippen LogP) is -1.63. The third-order valence-electron chi connectivity index (χ3n) is 2.22. The molecule has 0 fully saturated rings. The van der Waals surface area contributed by atoms with Crippen molar-refractivity contribution in [2.24, 2.45) is 0 Å². The van der Waals surface area contributed by atoms with E-state index in [2.05, 4.69) is 22.1 Å². The van der Waals surface area contributed by atoms with Crippen LogP contribution in [0.5, 0.6) is 0 Å². The van der Waals surface area contributed by atoms with Crippen molar-refractivity contribution < 1.29 is 14.3 Å². The normalized spacial score (nSPS) is 10.9. The van der Waals surface area contributed by atoms with Gasteiger partial charge in [0.05, 0.1) is 6.54 Å². The summed E-state index contributed by atoms with van der Waals surface area (Å²) in [7, 11) is 0. The number of carbonyl (C=O) groups excluding carboxylic acids is 2. The summed E-state index contributed by atoms with van der Waals surface area (Å²) >= 11 is 0. The van der Waals surface area contributed by atoms with E-state index in [1.807, 2.05) is 5.10 Å². The van der Waals surface area contributed by atoms with Gasteiger partial charge in [0.2, 0.25) is 12.2 Å². The number of rotatable bonds is 5. The molecule has 0 aliphatic heterocycles. The molecule has 0 aliphatic rings. The molecule has 0 atom stereocenters. The average Bonchev–Trinajstić information content (AvgIpc) is 2.39. The van der Waals surface area contributed by atoms with Gasteiger partial charge in [-0.15, -0.1) is 0 Å². The Morgan fingerprint density at radius 1 is 1.32 bits per heavy atom. The zero-order valence-electron chi connectivity index (χ0n) is 12.6. The second kappa shape index (κ2) is 7.38. The summed E-state index contributed by atoms with van der Waals surface area (Å²) in [6.07, 6.45) is 1.58. The molecule has 0 spiro atoms. The van der Waals surface area contributed by atoms with Crippen LogP contribution in [0, 0.1) is 6.33 Å². The Labute approximate surface area is 125 Å². The lowest BCUT2D eigenvalue weighted by atomic mass is 10.2. The third kappa shape index (κ3) is 6.20. The van der Waals surface area contributed by atoms with Crippen LogP contribution < -0.4 is 21.8 Å². The quantitative estimate of drug-likeness (QED) is 0.559. The summed E-state index contributed by atoms with van der Waals surface area (Å²) in [5, 5.41) is 10.1. The van der Waals surface area contributed by atoms with Gasteiger partial charge in [0.25, 0.3) is 0 Å². The Bertz CT molecular complexity index is 642. The lowest BCUT2D eigenvalue weighted by Crippen LogP contribution is -2.42. The minimum Gasteiger partial charge on any atom is -0.444 e. The van der Waals surface area contributed by atoms with Crippen LogP contribution in [-0.2, 0) is 16.1 Å². The van der Waals surface area contributed by atoms with Crippen molar-refractivity contribution in [3.63, 3.8) is 0 Å². The molecule has 0 saturated heterocycles. The van der Waals surface area contributed by atoms with Crippen LogP contribution in [0.25, 0.3) is 0 Å². The molecule has 0 unspecified atom stereocenters. The number of hydrogen-bond donors (Lipinski definition) is 3. The molecule has 22 heavy (non-hydrogen) atoms. The van der Waals surface area contributed by atoms with Crippen LogP contribution in [0.1, 0.15) is 20.8 Å². The first-order chi connectivity index (χ1) is 10.2. The summed E-state index contributed by atoms with van der Waals surface area (Å²) in [6.45, 7) is 4.97. The zero-order valence-corrected chi connectivity index (χ0v) is 12.6. The molecule has 10 nitrogen and oxygen atoms in total. The number of ether oxygens (including phenoxy) is 1. The number of alkyl carbamates (subject to hydrolysis) is 1. The zero-order chi connectivity index (χ0) is 16.8. The van der Waals surface area contributed by atoms with E-state index in [0.29, 0.717) is 0 Å². The number of amides is 2. The number of nitrogens with one attached hydrogen (secondary N) is 3. The first-order valence-electron chi connectivity index (χ1n) is 6.50. The molecule has 3 N–H and O–H groups in total. The Balaban J connectivity index is 2.32. The van der Waals surface area contributed by atoms with E-state index < -0.39 is 28.7 Å². The highest BCUT2D eigenvalue weighted by atomic mass is 16.6. The maximum absolute atomic E-state index is 11.5. The summed E-state index contributed by atoms with van der Waals surface area (Å²) < 4.78 is 5.91. The second-order valence-electron chi connectivity index (χ2n) is 5.31. The number of aromatic amines is 1. The van der Waals surface area contributed by atoms with Gasteiger partial charge < -0.3 is 15.4 Å². The first-order valence-corrected chi connectivity index (χ1v) is 6.50. The van der Waals surface area contributed by atoms with E-state index in [1.54, 1.807) is 20.8 Å². The van der Waals surface area contributed by atoms with E-state index in [1.165, 1.54) is 0 Å². The van der Waals surface area contributed by atoms with Crippen molar-refractivity contribution in [1.29, 1.82) is 0 Å². The number of H-pyrrole nitrogens is 1. The van der Waals surface area contributed by atoms with Gasteiger partial charge in [0.15, 0.2) is 0 Å². The van der Waals surface area contributed by atoms with Crippen LogP contribution in [0.3, 0.4) is 0 Å². The van der Waals surface area contributed by atoms with E-state index in [4.69, 9.17) is 4.74 Å².